The summed E-state index contributed by atoms with van der Waals surface area (Å²) in [5, 5.41) is 8.23. The van der Waals surface area contributed by atoms with Crippen LogP contribution in [-0.4, -0.2) is 10.1 Å². The molecule has 0 fully saturated rings. The van der Waals surface area contributed by atoms with E-state index < -0.39 is 0 Å². The molecule has 2 aromatic rings. The monoisotopic (exact) mass is 237 g/mol. The Morgan fingerprint density at radius 2 is 2.31 bits per heavy atom. The van der Waals surface area contributed by atoms with Crippen LogP contribution in [0.3, 0.4) is 0 Å². The van der Waals surface area contributed by atoms with Gasteiger partial charge >= 0.3 is 0 Å². The molecule has 0 saturated heterocycles. The minimum Gasteiger partial charge on any atom is -0.364 e. The van der Waals surface area contributed by atoms with E-state index in [-0.39, 0.29) is 0 Å². The van der Waals surface area contributed by atoms with Crippen molar-refractivity contribution in [3.8, 4) is 0 Å². The molecule has 0 saturated carbocycles. The Balaban J connectivity index is 1.81. The van der Waals surface area contributed by atoms with Gasteiger partial charge in [0.2, 0.25) is 0 Å². The van der Waals surface area contributed by atoms with Crippen molar-refractivity contribution < 1.29 is 4.52 Å². The van der Waals surface area contributed by atoms with Crippen LogP contribution < -0.4 is 5.32 Å². The van der Waals surface area contributed by atoms with Gasteiger partial charge in [-0.15, -0.1) is 11.3 Å². The second-order valence-corrected chi connectivity index (χ2v) is 5.05. The molecule has 0 radical (unpaired) electrons. The smallest absolute Gasteiger partial charge is 0.124 e. The van der Waals surface area contributed by atoms with Crippen LogP contribution in [0.4, 0.5) is 0 Å². The molecule has 5 heteroatoms. The second kappa shape index (κ2) is 5.23. The van der Waals surface area contributed by atoms with Gasteiger partial charge in [0.15, 0.2) is 0 Å². The van der Waals surface area contributed by atoms with E-state index in [4.69, 9.17) is 4.52 Å². The molecule has 0 atom stereocenters. The van der Waals surface area contributed by atoms with E-state index in [1.807, 2.05) is 12.3 Å². The molecule has 4 nitrogen and oxygen atoms in total. The van der Waals surface area contributed by atoms with E-state index in [9.17, 15) is 0 Å². The quantitative estimate of drug-likeness (QED) is 0.868. The number of nitrogens with one attached hydrogen (secondary N) is 1. The largest absolute Gasteiger partial charge is 0.364 e. The molecule has 1 N–H and O–H groups in total. The van der Waals surface area contributed by atoms with Crippen LogP contribution >= 0.6 is 11.3 Å². The summed E-state index contributed by atoms with van der Waals surface area (Å²) in [6, 6.07) is 1.86. The molecule has 86 valence electrons. The Hall–Kier alpha value is -1.20. The molecule has 16 heavy (non-hydrogen) atoms. The molecule has 0 aromatic carbocycles. The van der Waals surface area contributed by atoms with Crippen molar-refractivity contribution in [1.82, 2.24) is 15.5 Å². The minimum atomic E-state index is 0.557. The first-order chi connectivity index (χ1) is 7.75. The zero-order chi connectivity index (χ0) is 11.4. The predicted octanol–water partition coefficient (Wildman–Crippen LogP) is 2.54. The zero-order valence-electron chi connectivity index (χ0n) is 9.43. The topological polar surface area (TPSA) is 51.0 Å². The molecule has 0 unspecified atom stereocenters. The van der Waals surface area contributed by atoms with Crippen molar-refractivity contribution in [2.75, 3.05) is 0 Å². The third-order valence-corrected chi connectivity index (χ3v) is 3.51. The maximum absolute atomic E-state index is 4.75. The fourth-order valence-electron chi connectivity index (χ4n) is 1.30. The van der Waals surface area contributed by atoms with Crippen LogP contribution in [0.1, 0.15) is 35.3 Å². The van der Waals surface area contributed by atoms with Gasteiger partial charge < -0.3 is 9.84 Å². The summed E-state index contributed by atoms with van der Waals surface area (Å²) in [6.45, 7) is 5.86. The fourth-order valence-corrected chi connectivity index (χ4v) is 2.19. The summed E-state index contributed by atoms with van der Waals surface area (Å²) < 4.78 is 4.75. The Morgan fingerprint density at radius 3 is 2.94 bits per heavy atom. The molecule has 2 rings (SSSR count). The van der Waals surface area contributed by atoms with Crippen LogP contribution in [0.15, 0.2) is 23.0 Å². The van der Waals surface area contributed by atoms with Crippen molar-refractivity contribution in [3.05, 3.63) is 34.1 Å². The molecule has 0 aliphatic heterocycles. The average Bonchev–Trinajstić information content (AvgIpc) is 2.87. The number of hydrogen-bond donors (Lipinski definition) is 1. The molecule has 0 amide bonds. The third kappa shape index (κ3) is 2.90. The molecule has 0 bridgehead atoms. The number of aromatic nitrogens is 2. The normalized spacial score (nSPS) is 11.2. The Kier molecular flexibility index (Phi) is 3.69. The van der Waals surface area contributed by atoms with Crippen LogP contribution in [0, 0.1) is 0 Å². The third-order valence-electron chi connectivity index (χ3n) is 2.21. The first kappa shape index (κ1) is 11.3. The molecule has 2 aromatic heterocycles. The fraction of sp³-hybridized carbons (Fsp3) is 0.455. The van der Waals surface area contributed by atoms with Crippen LogP contribution in [0.5, 0.6) is 0 Å². The van der Waals surface area contributed by atoms with Gasteiger partial charge in [-0.3, -0.25) is 0 Å². The average molecular weight is 237 g/mol. The molecular weight excluding hydrogens is 222 g/mol. The number of rotatable bonds is 5. The number of thiazole rings is 1. The zero-order valence-corrected chi connectivity index (χ0v) is 10.3. The van der Waals surface area contributed by atoms with E-state index >= 15 is 0 Å². The minimum absolute atomic E-state index is 0.557. The van der Waals surface area contributed by atoms with Gasteiger partial charge in [-0.1, -0.05) is 19.0 Å². The maximum atomic E-state index is 4.75. The Bertz CT molecular complexity index is 422. The van der Waals surface area contributed by atoms with Gasteiger partial charge in [-0.05, 0) is 5.92 Å². The lowest BCUT2D eigenvalue weighted by Crippen LogP contribution is -2.12. The molecule has 0 spiro atoms. The highest BCUT2D eigenvalue weighted by Crippen LogP contribution is 2.21. The van der Waals surface area contributed by atoms with E-state index in [1.54, 1.807) is 17.6 Å². The lowest BCUT2D eigenvalue weighted by atomic mass is 10.2. The second-order valence-electron chi connectivity index (χ2n) is 3.91. The first-order valence-electron chi connectivity index (χ1n) is 5.30. The van der Waals surface area contributed by atoms with Crippen LogP contribution in [0.25, 0.3) is 0 Å². The summed E-state index contributed by atoms with van der Waals surface area (Å²) in [5.41, 5.74) is 0.917. The van der Waals surface area contributed by atoms with E-state index in [1.165, 1.54) is 4.88 Å². The van der Waals surface area contributed by atoms with Gasteiger partial charge in [0.25, 0.3) is 0 Å². The summed E-state index contributed by atoms with van der Waals surface area (Å²) >= 11 is 1.76. The van der Waals surface area contributed by atoms with Crippen LogP contribution in [0.2, 0.25) is 0 Å². The van der Waals surface area contributed by atoms with Gasteiger partial charge in [-0.2, -0.15) is 0 Å². The number of nitrogens with zero attached hydrogens (tertiary/aromatic N) is 2. The van der Waals surface area contributed by atoms with E-state index in [0.717, 1.165) is 17.2 Å². The number of hydrogen-bond acceptors (Lipinski definition) is 5. The van der Waals surface area contributed by atoms with Crippen LogP contribution in [-0.2, 0) is 13.1 Å². The molecule has 0 aliphatic rings. The summed E-state index contributed by atoms with van der Waals surface area (Å²) in [7, 11) is 0. The lowest BCUT2D eigenvalue weighted by molar-refractivity contribution is 0.408. The molecular formula is C11H15N3OS. The van der Waals surface area contributed by atoms with Crippen molar-refractivity contribution in [3.63, 3.8) is 0 Å². The van der Waals surface area contributed by atoms with Gasteiger partial charge in [0.05, 0.1) is 5.69 Å². The van der Waals surface area contributed by atoms with Crippen molar-refractivity contribution in [2.24, 2.45) is 0 Å². The lowest BCUT2D eigenvalue weighted by Gasteiger charge is -1.98. The molecule has 0 aliphatic carbocycles. The van der Waals surface area contributed by atoms with Crippen molar-refractivity contribution in [1.29, 1.82) is 0 Å². The van der Waals surface area contributed by atoms with Gasteiger partial charge in [0.1, 0.15) is 11.3 Å². The Labute approximate surface area is 98.7 Å². The van der Waals surface area contributed by atoms with Gasteiger partial charge in [0, 0.05) is 30.2 Å². The highest BCUT2D eigenvalue weighted by molar-refractivity contribution is 7.11. The summed E-state index contributed by atoms with van der Waals surface area (Å²) in [4.78, 5) is 5.70. The Morgan fingerprint density at radius 1 is 1.44 bits per heavy atom. The summed E-state index contributed by atoms with van der Waals surface area (Å²) in [5.74, 6) is 0.557. The van der Waals surface area contributed by atoms with E-state index in [0.29, 0.717) is 12.5 Å². The van der Waals surface area contributed by atoms with E-state index in [2.05, 4.69) is 29.3 Å². The highest BCUT2D eigenvalue weighted by atomic mass is 32.1. The van der Waals surface area contributed by atoms with Gasteiger partial charge in [-0.25, -0.2) is 4.98 Å². The van der Waals surface area contributed by atoms with Crippen molar-refractivity contribution >= 4 is 11.3 Å². The predicted molar refractivity (Wildman–Crippen MR) is 63.2 cm³/mol. The molecule has 2 heterocycles. The standard InChI is InChI=1S/C11H15N3OS/c1-8(2)10-6-13-11(16-10)7-12-5-9-3-4-15-14-9/h3-4,6,8,12H,5,7H2,1-2H3. The highest BCUT2D eigenvalue weighted by Gasteiger charge is 2.05. The van der Waals surface area contributed by atoms with Crippen molar-refractivity contribution in [2.45, 2.75) is 32.9 Å². The maximum Gasteiger partial charge on any atom is 0.124 e. The summed E-state index contributed by atoms with van der Waals surface area (Å²) in [6.07, 6.45) is 3.54. The first-order valence-corrected chi connectivity index (χ1v) is 6.12. The SMILES string of the molecule is CC(C)c1cnc(CNCc2ccon2)s1.